The molecule has 26 heavy (non-hydrogen) atoms. The van der Waals surface area contributed by atoms with Crippen molar-refractivity contribution >= 4 is 17.0 Å². The average Bonchev–Trinajstić information content (AvgIpc) is 2.90. The molecule has 1 aromatic heterocycles. The smallest absolute Gasteiger partial charge is 0.408 e. The van der Waals surface area contributed by atoms with E-state index < -0.39 is 29.4 Å². The Morgan fingerprint density at radius 2 is 1.81 bits per heavy atom. The molecule has 1 amide bonds. The van der Waals surface area contributed by atoms with Crippen molar-refractivity contribution in [1.29, 1.82) is 0 Å². The molecular weight excluding hydrogens is 349 g/mol. The average molecular weight is 364 g/mol. The maximum absolute atomic E-state index is 12.6. The molecule has 1 N–H and O–H groups in total. The van der Waals surface area contributed by atoms with E-state index in [0.717, 1.165) is 12.1 Å². The van der Waals surface area contributed by atoms with E-state index in [1.165, 1.54) is 16.7 Å². The first kappa shape index (κ1) is 17.8. The van der Waals surface area contributed by atoms with Crippen LogP contribution in [0, 0.1) is 0 Å². The van der Waals surface area contributed by atoms with Crippen LogP contribution >= 0.6 is 0 Å². The Balaban J connectivity index is 1.71. The number of hydrogen-bond acceptors (Lipinski definition) is 3. The number of halogens is 3. The number of benzene rings is 2. The molecule has 0 radical (unpaired) electrons. The number of rotatable bonds is 4. The fourth-order valence-electron chi connectivity index (χ4n) is 2.64. The third kappa shape index (κ3) is 3.63. The van der Waals surface area contributed by atoms with E-state index in [4.69, 9.17) is 4.42 Å². The summed E-state index contributed by atoms with van der Waals surface area (Å²) in [5.74, 6) is -1.10. The van der Waals surface area contributed by atoms with Gasteiger partial charge in [0.2, 0.25) is 5.91 Å². The summed E-state index contributed by atoms with van der Waals surface area (Å²) in [6.45, 7) is 1.40. The van der Waals surface area contributed by atoms with Gasteiger partial charge in [0, 0.05) is 0 Å². The van der Waals surface area contributed by atoms with Crippen molar-refractivity contribution < 1.29 is 22.4 Å². The highest BCUT2D eigenvalue weighted by Crippen LogP contribution is 2.29. The Kier molecular flexibility index (Phi) is 4.58. The van der Waals surface area contributed by atoms with Crippen LogP contribution in [0.5, 0.6) is 0 Å². The molecule has 5 nitrogen and oxygen atoms in total. The Hall–Kier alpha value is -3.03. The van der Waals surface area contributed by atoms with Crippen molar-refractivity contribution in [2.45, 2.75) is 25.7 Å². The Morgan fingerprint density at radius 3 is 2.46 bits per heavy atom. The lowest BCUT2D eigenvalue weighted by atomic mass is 10.1. The number of aromatic nitrogens is 1. The number of nitrogens with zero attached hydrogens (tertiary/aromatic N) is 1. The lowest BCUT2D eigenvalue weighted by Gasteiger charge is -2.15. The van der Waals surface area contributed by atoms with Crippen LogP contribution in [0.4, 0.5) is 13.2 Å². The summed E-state index contributed by atoms with van der Waals surface area (Å²) in [6, 6.07) is 10.7. The second-order valence-corrected chi connectivity index (χ2v) is 5.83. The largest absolute Gasteiger partial charge is 0.420 e. The van der Waals surface area contributed by atoms with E-state index in [0.29, 0.717) is 16.7 Å². The van der Waals surface area contributed by atoms with Gasteiger partial charge in [-0.2, -0.15) is 13.2 Å². The third-order valence-electron chi connectivity index (χ3n) is 3.99. The first-order valence-corrected chi connectivity index (χ1v) is 7.80. The van der Waals surface area contributed by atoms with Gasteiger partial charge in [-0.1, -0.05) is 24.3 Å². The SMILES string of the molecule is C[C@@H](NC(=O)Cn1c(=O)oc2ccccc21)c1ccc(C(F)(F)F)cc1. The Morgan fingerprint density at radius 1 is 1.15 bits per heavy atom. The molecule has 0 saturated carbocycles. The Bertz CT molecular complexity index is 987. The van der Waals surface area contributed by atoms with Gasteiger partial charge in [-0.3, -0.25) is 9.36 Å². The number of carbonyl (C=O) groups excluding carboxylic acids is 1. The maximum atomic E-state index is 12.6. The predicted octanol–water partition coefficient (Wildman–Crippen LogP) is 3.49. The summed E-state index contributed by atoms with van der Waals surface area (Å²) in [7, 11) is 0. The molecular formula is C18H15F3N2O3. The van der Waals surface area contributed by atoms with E-state index in [1.54, 1.807) is 31.2 Å². The van der Waals surface area contributed by atoms with Gasteiger partial charge >= 0.3 is 11.9 Å². The molecule has 3 aromatic rings. The molecule has 0 spiro atoms. The fraction of sp³-hybridized carbons (Fsp3) is 0.222. The van der Waals surface area contributed by atoms with Gasteiger partial charge in [0.05, 0.1) is 17.1 Å². The molecule has 2 aromatic carbocycles. The van der Waals surface area contributed by atoms with Crippen molar-refractivity contribution in [3.05, 3.63) is 70.2 Å². The van der Waals surface area contributed by atoms with Crippen LogP contribution in [0.25, 0.3) is 11.1 Å². The molecule has 0 aliphatic rings. The van der Waals surface area contributed by atoms with Crippen molar-refractivity contribution in [3.63, 3.8) is 0 Å². The lowest BCUT2D eigenvalue weighted by molar-refractivity contribution is -0.137. The van der Waals surface area contributed by atoms with Crippen molar-refractivity contribution in [3.8, 4) is 0 Å². The number of oxazole rings is 1. The van der Waals surface area contributed by atoms with Gasteiger partial charge in [0.15, 0.2) is 5.58 Å². The van der Waals surface area contributed by atoms with Gasteiger partial charge in [0.25, 0.3) is 0 Å². The maximum Gasteiger partial charge on any atom is 0.420 e. The van der Waals surface area contributed by atoms with E-state index >= 15 is 0 Å². The van der Waals surface area contributed by atoms with E-state index in [1.807, 2.05) is 0 Å². The van der Waals surface area contributed by atoms with Crippen LogP contribution in [0.1, 0.15) is 24.1 Å². The fourth-order valence-corrected chi connectivity index (χ4v) is 2.64. The summed E-state index contributed by atoms with van der Waals surface area (Å²) in [5.41, 5.74) is 0.642. The topological polar surface area (TPSA) is 64.2 Å². The minimum atomic E-state index is -4.41. The van der Waals surface area contributed by atoms with Crippen LogP contribution in [0.3, 0.4) is 0 Å². The van der Waals surface area contributed by atoms with Crippen LogP contribution in [0.2, 0.25) is 0 Å². The van der Waals surface area contributed by atoms with E-state index in [2.05, 4.69) is 5.32 Å². The summed E-state index contributed by atoms with van der Waals surface area (Å²) < 4.78 is 44.0. The zero-order valence-corrected chi connectivity index (χ0v) is 13.7. The highest BCUT2D eigenvalue weighted by molar-refractivity contribution is 5.79. The molecule has 3 rings (SSSR count). The summed E-state index contributed by atoms with van der Waals surface area (Å²) in [5, 5.41) is 2.66. The number of nitrogens with one attached hydrogen (secondary N) is 1. The van der Waals surface area contributed by atoms with Crippen LogP contribution in [-0.4, -0.2) is 10.5 Å². The number of carbonyl (C=O) groups is 1. The van der Waals surface area contributed by atoms with Gasteiger partial charge in [0.1, 0.15) is 6.54 Å². The van der Waals surface area contributed by atoms with Crippen molar-refractivity contribution in [2.75, 3.05) is 0 Å². The molecule has 0 saturated heterocycles. The standard InChI is InChI=1S/C18H15F3N2O3/c1-11(12-6-8-13(9-7-12)18(19,20)21)22-16(24)10-23-14-4-2-3-5-15(14)26-17(23)25/h2-9,11H,10H2,1H3,(H,22,24)/t11-/m1/s1. The second-order valence-electron chi connectivity index (χ2n) is 5.83. The predicted molar refractivity (Wildman–Crippen MR) is 88.5 cm³/mol. The quantitative estimate of drug-likeness (QED) is 0.771. The molecule has 136 valence electrons. The van der Waals surface area contributed by atoms with Crippen LogP contribution in [-0.2, 0) is 17.5 Å². The minimum absolute atomic E-state index is 0.249. The molecule has 1 heterocycles. The molecule has 0 bridgehead atoms. The molecule has 0 unspecified atom stereocenters. The molecule has 0 aliphatic carbocycles. The first-order valence-electron chi connectivity index (χ1n) is 7.80. The Labute approximate surface area is 146 Å². The van der Waals surface area contributed by atoms with Gasteiger partial charge in [-0.25, -0.2) is 4.79 Å². The zero-order chi connectivity index (χ0) is 18.9. The molecule has 0 fully saturated rings. The van der Waals surface area contributed by atoms with Crippen molar-refractivity contribution in [1.82, 2.24) is 9.88 Å². The summed E-state index contributed by atoms with van der Waals surface area (Å²) in [6.07, 6.45) is -4.41. The van der Waals surface area contributed by atoms with Crippen molar-refractivity contribution in [2.24, 2.45) is 0 Å². The van der Waals surface area contributed by atoms with Crippen LogP contribution < -0.4 is 11.1 Å². The van der Waals surface area contributed by atoms with E-state index in [-0.39, 0.29) is 6.54 Å². The molecule has 8 heteroatoms. The normalized spacial score (nSPS) is 12.9. The number of alkyl halides is 3. The van der Waals surface area contributed by atoms with Gasteiger partial charge in [-0.05, 0) is 36.8 Å². The highest BCUT2D eigenvalue weighted by atomic mass is 19.4. The van der Waals surface area contributed by atoms with Gasteiger partial charge < -0.3 is 9.73 Å². The number of amides is 1. The first-order chi connectivity index (χ1) is 12.3. The molecule has 0 aliphatic heterocycles. The lowest BCUT2D eigenvalue weighted by Crippen LogP contribution is -2.32. The number of hydrogen-bond donors (Lipinski definition) is 1. The summed E-state index contributed by atoms with van der Waals surface area (Å²) >= 11 is 0. The summed E-state index contributed by atoms with van der Waals surface area (Å²) in [4.78, 5) is 24.1. The minimum Gasteiger partial charge on any atom is -0.408 e. The number of fused-ring (bicyclic) bond motifs is 1. The van der Waals surface area contributed by atoms with Gasteiger partial charge in [-0.15, -0.1) is 0 Å². The second kappa shape index (κ2) is 6.70. The molecule has 1 atom stereocenters. The third-order valence-corrected chi connectivity index (χ3v) is 3.99. The zero-order valence-electron chi connectivity index (χ0n) is 13.7. The number of para-hydroxylation sites is 2. The monoisotopic (exact) mass is 364 g/mol. The van der Waals surface area contributed by atoms with Crippen LogP contribution in [0.15, 0.2) is 57.7 Å². The van der Waals surface area contributed by atoms with E-state index in [9.17, 15) is 22.8 Å². The highest BCUT2D eigenvalue weighted by Gasteiger charge is 2.30.